The number of sulfonamides is 1. The van der Waals surface area contributed by atoms with Crippen molar-refractivity contribution in [1.29, 1.82) is 0 Å². The molecule has 9 heteroatoms. The maximum absolute atomic E-state index is 13.8. The van der Waals surface area contributed by atoms with E-state index in [0.29, 0.717) is 29.8 Å². The first-order valence-electron chi connectivity index (χ1n) is 10.7. The van der Waals surface area contributed by atoms with E-state index in [9.17, 15) is 8.42 Å². The van der Waals surface area contributed by atoms with E-state index in [1.165, 1.54) is 15.6 Å². The third-order valence-electron chi connectivity index (χ3n) is 5.57. The molecule has 2 heterocycles. The molecule has 1 aliphatic rings. The summed E-state index contributed by atoms with van der Waals surface area (Å²) in [4.78, 5) is 6.57. The van der Waals surface area contributed by atoms with Crippen LogP contribution in [-0.4, -0.2) is 33.7 Å². The Hall–Kier alpha value is -3.56. The van der Waals surface area contributed by atoms with E-state index in [4.69, 9.17) is 9.47 Å². The van der Waals surface area contributed by atoms with Crippen molar-refractivity contribution in [1.82, 2.24) is 4.98 Å². The van der Waals surface area contributed by atoms with Crippen LogP contribution < -0.4 is 18.7 Å². The molecule has 0 saturated carbocycles. The smallest absolute Gasteiger partial charge is 0.266 e. The third-order valence-corrected chi connectivity index (χ3v) is 8.21. The van der Waals surface area contributed by atoms with E-state index in [1.807, 2.05) is 60.7 Å². The van der Waals surface area contributed by atoms with Gasteiger partial charge in [0.2, 0.25) is 0 Å². The molecule has 0 bridgehead atoms. The molecule has 3 aromatic carbocycles. The number of anilines is 3. The number of rotatable bonds is 7. The first-order chi connectivity index (χ1) is 16.6. The highest BCUT2D eigenvalue weighted by Crippen LogP contribution is 2.39. The van der Waals surface area contributed by atoms with Gasteiger partial charge in [0.05, 0.1) is 30.8 Å². The van der Waals surface area contributed by atoms with Crippen LogP contribution in [0.5, 0.6) is 11.5 Å². The fourth-order valence-corrected chi connectivity index (χ4v) is 6.15. The minimum Gasteiger partial charge on any atom is -0.497 e. The SMILES string of the molecule is COc1ccc(CN(c2nccs2)S(=O)(=O)c2ccc3c(c2)OCCN3c2ccccc2)cc1. The molecule has 174 valence electrons. The average molecular weight is 494 g/mol. The van der Waals surface area contributed by atoms with Gasteiger partial charge in [0.1, 0.15) is 18.1 Å². The molecule has 0 amide bonds. The van der Waals surface area contributed by atoms with Crippen molar-refractivity contribution in [3.8, 4) is 11.5 Å². The molecule has 0 saturated heterocycles. The van der Waals surface area contributed by atoms with Gasteiger partial charge in [-0.25, -0.2) is 17.7 Å². The number of para-hydroxylation sites is 1. The number of hydrogen-bond acceptors (Lipinski definition) is 7. The Morgan fingerprint density at radius 1 is 1.09 bits per heavy atom. The molecular formula is C25H23N3O4S2. The summed E-state index contributed by atoms with van der Waals surface area (Å²) in [7, 11) is -2.31. The summed E-state index contributed by atoms with van der Waals surface area (Å²) >= 11 is 1.28. The van der Waals surface area contributed by atoms with E-state index < -0.39 is 10.0 Å². The molecule has 0 N–H and O–H groups in total. The number of thiazole rings is 1. The molecular weight excluding hydrogens is 470 g/mol. The van der Waals surface area contributed by atoms with Crippen LogP contribution in [0.25, 0.3) is 0 Å². The van der Waals surface area contributed by atoms with Crippen LogP contribution in [0.2, 0.25) is 0 Å². The Labute approximate surface area is 202 Å². The van der Waals surface area contributed by atoms with Crippen molar-refractivity contribution < 1.29 is 17.9 Å². The Bertz CT molecular complexity index is 1360. The summed E-state index contributed by atoms with van der Waals surface area (Å²) in [6, 6.07) is 22.4. The number of aromatic nitrogens is 1. The van der Waals surface area contributed by atoms with E-state index in [-0.39, 0.29) is 11.4 Å². The van der Waals surface area contributed by atoms with Crippen LogP contribution >= 0.6 is 11.3 Å². The fraction of sp³-hybridized carbons (Fsp3) is 0.160. The topological polar surface area (TPSA) is 72.0 Å². The Kier molecular flexibility index (Phi) is 6.12. The zero-order valence-corrected chi connectivity index (χ0v) is 20.1. The predicted molar refractivity (Wildman–Crippen MR) is 134 cm³/mol. The lowest BCUT2D eigenvalue weighted by Crippen LogP contribution is -2.31. The molecule has 0 atom stereocenters. The van der Waals surface area contributed by atoms with Crippen LogP contribution in [0.4, 0.5) is 16.5 Å². The van der Waals surface area contributed by atoms with E-state index in [0.717, 1.165) is 16.9 Å². The van der Waals surface area contributed by atoms with Crippen LogP contribution in [-0.2, 0) is 16.6 Å². The molecule has 1 aliphatic heterocycles. The van der Waals surface area contributed by atoms with Crippen molar-refractivity contribution in [3.05, 3.63) is 89.9 Å². The van der Waals surface area contributed by atoms with Crippen LogP contribution in [0, 0.1) is 0 Å². The van der Waals surface area contributed by atoms with Crippen molar-refractivity contribution in [2.24, 2.45) is 0 Å². The van der Waals surface area contributed by atoms with Gasteiger partial charge in [-0.05, 0) is 42.0 Å². The monoisotopic (exact) mass is 493 g/mol. The summed E-state index contributed by atoms with van der Waals surface area (Å²) in [6.07, 6.45) is 1.60. The summed E-state index contributed by atoms with van der Waals surface area (Å²) < 4.78 is 40.0. The van der Waals surface area contributed by atoms with Crippen molar-refractivity contribution >= 4 is 37.9 Å². The van der Waals surface area contributed by atoms with Gasteiger partial charge < -0.3 is 14.4 Å². The lowest BCUT2D eigenvalue weighted by Gasteiger charge is -2.32. The molecule has 1 aromatic heterocycles. The third kappa shape index (κ3) is 4.32. The second-order valence-corrected chi connectivity index (χ2v) is 10.4. The predicted octanol–water partition coefficient (Wildman–Crippen LogP) is 5.08. The van der Waals surface area contributed by atoms with Gasteiger partial charge in [0.15, 0.2) is 5.13 Å². The minimum absolute atomic E-state index is 0.147. The quantitative estimate of drug-likeness (QED) is 0.358. The van der Waals surface area contributed by atoms with Crippen molar-refractivity contribution in [2.75, 3.05) is 29.5 Å². The zero-order chi connectivity index (χ0) is 23.5. The largest absolute Gasteiger partial charge is 0.497 e. The van der Waals surface area contributed by atoms with Gasteiger partial charge >= 0.3 is 0 Å². The van der Waals surface area contributed by atoms with Gasteiger partial charge in [-0.15, -0.1) is 11.3 Å². The fourth-order valence-electron chi connectivity index (χ4n) is 3.86. The van der Waals surface area contributed by atoms with Gasteiger partial charge in [0.25, 0.3) is 10.0 Å². The second kappa shape index (κ2) is 9.36. The first kappa shape index (κ1) is 22.2. The molecule has 0 unspecified atom stereocenters. The number of benzene rings is 3. The lowest BCUT2D eigenvalue weighted by molar-refractivity contribution is 0.313. The molecule has 0 radical (unpaired) electrons. The standard InChI is InChI=1S/C25H23N3O4S2/c1-31-21-9-7-19(8-10-21)18-28(25-26-13-16-33-25)34(29,30)22-11-12-23-24(17-22)32-15-14-27(23)20-5-3-2-4-6-20/h2-13,16-17H,14-15,18H2,1H3. The Morgan fingerprint density at radius 3 is 2.59 bits per heavy atom. The molecule has 0 aliphatic carbocycles. The number of fused-ring (bicyclic) bond motifs is 1. The van der Waals surface area contributed by atoms with Gasteiger partial charge in [-0.2, -0.15) is 0 Å². The van der Waals surface area contributed by atoms with Gasteiger partial charge in [0, 0.05) is 23.3 Å². The molecule has 5 rings (SSSR count). The second-order valence-electron chi connectivity index (χ2n) is 7.64. The van der Waals surface area contributed by atoms with E-state index in [1.54, 1.807) is 30.8 Å². The van der Waals surface area contributed by atoms with E-state index >= 15 is 0 Å². The highest BCUT2D eigenvalue weighted by atomic mass is 32.2. The van der Waals surface area contributed by atoms with Gasteiger partial charge in [-0.1, -0.05) is 30.3 Å². The van der Waals surface area contributed by atoms with Crippen LogP contribution in [0.1, 0.15) is 5.56 Å². The number of nitrogens with zero attached hydrogens (tertiary/aromatic N) is 3. The van der Waals surface area contributed by atoms with Gasteiger partial charge in [-0.3, -0.25) is 0 Å². The average Bonchev–Trinajstić information content (AvgIpc) is 3.42. The molecule has 4 aromatic rings. The molecule has 7 nitrogen and oxygen atoms in total. The van der Waals surface area contributed by atoms with E-state index in [2.05, 4.69) is 9.88 Å². The number of ether oxygens (including phenoxy) is 2. The van der Waals surface area contributed by atoms with Crippen LogP contribution in [0.15, 0.2) is 89.3 Å². The molecule has 34 heavy (non-hydrogen) atoms. The number of hydrogen-bond donors (Lipinski definition) is 0. The highest BCUT2D eigenvalue weighted by Gasteiger charge is 2.29. The maximum Gasteiger partial charge on any atom is 0.266 e. The normalized spacial score (nSPS) is 13.1. The maximum atomic E-state index is 13.8. The summed E-state index contributed by atoms with van der Waals surface area (Å²) in [5.41, 5.74) is 2.70. The Balaban J connectivity index is 1.50. The van der Waals surface area contributed by atoms with Crippen molar-refractivity contribution in [2.45, 2.75) is 11.4 Å². The zero-order valence-electron chi connectivity index (χ0n) is 18.5. The summed E-state index contributed by atoms with van der Waals surface area (Å²) in [6.45, 7) is 1.30. The summed E-state index contributed by atoms with van der Waals surface area (Å²) in [5.74, 6) is 1.25. The van der Waals surface area contributed by atoms with Crippen LogP contribution in [0.3, 0.4) is 0 Å². The summed E-state index contributed by atoms with van der Waals surface area (Å²) in [5, 5.41) is 2.17. The first-order valence-corrected chi connectivity index (χ1v) is 13.0. The molecule has 0 spiro atoms. The highest BCUT2D eigenvalue weighted by molar-refractivity contribution is 7.93. The Morgan fingerprint density at radius 2 is 1.88 bits per heavy atom. The van der Waals surface area contributed by atoms with Crippen molar-refractivity contribution in [3.63, 3.8) is 0 Å². The minimum atomic E-state index is -3.90. The molecule has 0 fully saturated rings. The number of methoxy groups -OCH3 is 1. The lowest BCUT2D eigenvalue weighted by atomic mass is 10.2.